The van der Waals surface area contributed by atoms with E-state index in [1.165, 1.54) is 12.1 Å². The van der Waals surface area contributed by atoms with Crippen LogP contribution in [-0.2, 0) is 15.8 Å². The van der Waals surface area contributed by atoms with E-state index in [0.717, 1.165) is 29.9 Å². The number of imide groups is 1. The Hall–Kier alpha value is -2.58. The molecule has 1 aromatic rings. The molecule has 4 amide bonds. The molecule has 1 saturated carbocycles. The predicted molar refractivity (Wildman–Crippen MR) is 98.6 cm³/mol. The minimum absolute atomic E-state index is 0.0740. The van der Waals surface area contributed by atoms with Crippen LogP contribution in [0.5, 0.6) is 0 Å². The molecular formula is C20H24F3N3O3. The normalized spacial score (nSPS) is 23.1. The van der Waals surface area contributed by atoms with Crippen molar-refractivity contribution in [3.63, 3.8) is 0 Å². The SMILES string of the molecule is CCCC(NC(=O)CN1C(=O)NC(C)(C2CC2)C1=O)c1cccc(C(F)(F)F)c1. The number of amides is 4. The lowest BCUT2D eigenvalue weighted by Crippen LogP contribution is -2.47. The largest absolute Gasteiger partial charge is 0.416 e. The van der Waals surface area contributed by atoms with Gasteiger partial charge in [0.2, 0.25) is 5.91 Å². The van der Waals surface area contributed by atoms with Gasteiger partial charge in [-0.3, -0.25) is 14.5 Å². The van der Waals surface area contributed by atoms with Gasteiger partial charge in [-0.25, -0.2) is 4.79 Å². The molecule has 1 aliphatic heterocycles. The van der Waals surface area contributed by atoms with E-state index in [0.29, 0.717) is 18.4 Å². The number of benzene rings is 1. The smallest absolute Gasteiger partial charge is 0.348 e. The van der Waals surface area contributed by atoms with Gasteiger partial charge in [-0.2, -0.15) is 13.2 Å². The highest BCUT2D eigenvalue weighted by Gasteiger charge is 2.56. The zero-order valence-electron chi connectivity index (χ0n) is 16.3. The van der Waals surface area contributed by atoms with Crippen LogP contribution >= 0.6 is 0 Å². The van der Waals surface area contributed by atoms with Gasteiger partial charge in [-0.05, 0) is 49.8 Å². The van der Waals surface area contributed by atoms with Gasteiger partial charge in [-0.1, -0.05) is 25.5 Å². The molecule has 2 aliphatic rings. The number of nitrogens with one attached hydrogen (secondary N) is 2. The fraction of sp³-hybridized carbons (Fsp3) is 0.550. The third kappa shape index (κ3) is 4.38. The first-order valence-corrected chi connectivity index (χ1v) is 9.67. The Kier molecular flexibility index (Phi) is 5.60. The van der Waals surface area contributed by atoms with Gasteiger partial charge < -0.3 is 10.6 Å². The van der Waals surface area contributed by atoms with Crippen molar-refractivity contribution in [1.82, 2.24) is 15.5 Å². The number of hydrogen-bond donors (Lipinski definition) is 2. The summed E-state index contributed by atoms with van der Waals surface area (Å²) in [6.07, 6.45) is -1.74. The van der Waals surface area contributed by atoms with Crippen LogP contribution in [0.25, 0.3) is 0 Å². The van der Waals surface area contributed by atoms with Crippen LogP contribution in [0.2, 0.25) is 0 Å². The minimum Gasteiger partial charge on any atom is -0.348 e. The molecule has 2 unspecified atom stereocenters. The van der Waals surface area contributed by atoms with Crippen LogP contribution in [0.1, 0.15) is 56.7 Å². The zero-order chi connectivity index (χ0) is 21.4. The van der Waals surface area contributed by atoms with E-state index in [-0.39, 0.29) is 5.92 Å². The molecule has 0 bridgehead atoms. The summed E-state index contributed by atoms with van der Waals surface area (Å²) in [6, 6.07) is 3.54. The maximum absolute atomic E-state index is 13.0. The summed E-state index contributed by atoms with van der Waals surface area (Å²) in [5.41, 5.74) is -1.45. The van der Waals surface area contributed by atoms with E-state index in [9.17, 15) is 27.6 Å². The first kappa shape index (κ1) is 21.1. The second kappa shape index (κ2) is 7.68. The van der Waals surface area contributed by atoms with Crippen molar-refractivity contribution in [2.45, 2.75) is 57.3 Å². The minimum atomic E-state index is -4.48. The van der Waals surface area contributed by atoms with Gasteiger partial charge in [0.15, 0.2) is 0 Å². The van der Waals surface area contributed by atoms with Crippen molar-refractivity contribution in [3.8, 4) is 0 Å². The van der Waals surface area contributed by atoms with E-state index in [4.69, 9.17) is 0 Å². The molecule has 2 N–H and O–H groups in total. The van der Waals surface area contributed by atoms with Crippen LogP contribution < -0.4 is 10.6 Å². The molecule has 1 aliphatic carbocycles. The van der Waals surface area contributed by atoms with Crippen molar-refractivity contribution < 1.29 is 27.6 Å². The molecule has 29 heavy (non-hydrogen) atoms. The number of urea groups is 1. The highest BCUT2D eigenvalue weighted by Crippen LogP contribution is 2.42. The Morgan fingerprint density at radius 1 is 1.34 bits per heavy atom. The quantitative estimate of drug-likeness (QED) is 0.675. The molecule has 1 aromatic carbocycles. The average Bonchev–Trinajstić information content (AvgIpc) is 3.47. The Morgan fingerprint density at radius 2 is 2.03 bits per heavy atom. The summed E-state index contributed by atoms with van der Waals surface area (Å²) in [7, 11) is 0. The van der Waals surface area contributed by atoms with Crippen LogP contribution in [0, 0.1) is 5.92 Å². The Labute approximate surface area is 166 Å². The number of carbonyl (C=O) groups is 3. The third-order valence-corrected chi connectivity index (χ3v) is 5.53. The Morgan fingerprint density at radius 3 is 2.62 bits per heavy atom. The van der Waals surface area contributed by atoms with Crippen molar-refractivity contribution in [3.05, 3.63) is 35.4 Å². The molecule has 3 rings (SSSR count). The van der Waals surface area contributed by atoms with Gasteiger partial charge in [0.1, 0.15) is 12.1 Å². The lowest BCUT2D eigenvalue weighted by Gasteiger charge is -2.22. The fourth-order valence-electron chi connectivity index (χ4n) is 3.72. The van der Waals surface area contributed by atoms with Crippen molar-refractivity contribution in [2.24, 2.45) is 5.92 Å². The third-order valence-electron chi connectivity index (χ3n) is 5.53. The van der Waals surface area contributed by atoms with Crippen molar-refractivity contribution in [1.29, 1.82) is 0 Å². The number of halogens is 3. The zero-order valence-corrected chi connectivity index (χ0v) is 16.3. The van der Waals surface area contributed by atoms with E-state index < -0.39 is 47.7 Å². The highest BCUT2D eigenvalue weighted by molar-refractivity contribution is 6.09. The molecule has 9 heteroatoms. The number of carbonyl (C=O) groups excluding carboxylic acids is 3. The van der Waals surface area contributed by atoms with Crippen LogP contribution in [0.3, 0.4) is 0 Å². The van der Waals surface area contributed by atoms with E-state index in [1.54, 1.807) is 6.92 Å². The van der Waals surface area contributed by atoms with Gasteiger partial charge in [0, 0.05) is 0 Å². The second-order valence-corrected chi connectivity index (χ2v) is 7.83. The standard InChI is InChI=1S/C20H24F3N3O3/c1-3-5-15(12-6-4-7-14(10-12)20(21,22)23)24-16(27)11-26-17(28)19(2,13-8-9-13)25-18(26)29/h4,6-7,10,13,15H,3,5,8-9,11H2,1-2H3,(H,24,27)(H,25,29). The summed E-state index contributed by atoms with van der Waals surface area (Å²) < 4.78 is 39.0. The van der Waals surface area contributed by atoms with E-state index in [1.807, 2.05) is 6.92 Å². The van der Waals surface area contributed by atoms with Crippen LogP contribution in [0.4, 0.5) is 18.0 Å². The van der Waals surface area contributed by atoms with E-state index >= 15 is 0 Å². The molecule has 1 heterocycles. The number of nitrogens with zero attached hydrogens (tertiary/aromatic N) is 1. The van der Waals surface area contributed by atoms with Crippen LogP contribution in [0.15, 0.2) is 24.3 Å². The number of hydrogen-bond acceptors (Lipinski definition) is 3. The maximum atomic E-state index is 13.0. The maximum Gasteiger partial charge on any atom is 0.416 e. The number of rotatable bonds is 7. The monoisotopic (exact) mass is 411 g/mol. The lowest BCUT2D eigenvalue weighted by atomic mass is 9.96. The molecule has 1 saturated heterocycles. The van der Waals surface area contributed by atoms with E-state index in [2.05, 4.69) is 10.6 Å². The second-order valence-electron chi connectivity index (χ2n) is 7.83. The molecule has 158 valence electrons. The predicted octanol–water partition coefficient (Wildman–Crippen LogP) is 3.38. The first-order valence-electron chi connectivity index (χ1n) is 9.67. The Balaban J connectivity index is 1.70. The van der Waals surface area contributed by atoms with Crippen molar-refractivity contribution in [2.75, 3.05) is 6.54 Å². The molecule has 0 spiro atoms. The molecule has 0 radical (unpaired) electrons. The van der Waals surface area contributed by atoms with Gasteiger partial charge in [0.05, 0.1) is 11.6 Å². The fourth-order valence-corrected chi connectivity index (χ4v) is 3.72. The molecule has 0 aromatic heterocycles. The average molecular weight is 411 g/mol. The van der Waals surface area contributed by atoms with Gasteiger partial charge >= 0.3 is 12.2 Å². The van der Waals surface area contributed by atoms with Crippen LogP contribution in [-0.4, -0.2) is 34.8 Å². The summed E-state index contributed by atoms with van der Waals surface area (Å²) in [6.45, 7) is 3.04. The number of alkyl halides is 3. The Bertz CT molecular complexity index is 823. The van der Waals surface area contributed by atoms with Gasteiger partial charge in [0.25, 0.3) is 5.91 Å². The molecule has 2 atom stereocenters. The van der Waals surface area contributed by atoms with Gasteiger partial charge in [-0.15, -0.1) is 0 Å². The first-order chi connectivity index (χ1) is 13.6. The summed E-state index contributed by atoms with van der Waals surface area (Å²) in [5, 5.41) is 5.34. The highest BCUT2D eigenvalue weighted by atomic mass is 19.4. The lowest BCUT2D eigenvalue weighted by molar-refractivity contribution is -0.137. The summed E-state index contributed by atoms with van der Waals surface area (Å²) in [5.74, 6) is -0.958. The molecular weight excluding hydrogens is 387 g/mol. The van der Waals surface area contributed by atoms with Crippen molar-refractivity contribution >= 4 is 17.8 Å². The summed E-state index contributed by atoms with van der Waals surface area (Å²) in [4.78, 5) is 38.2. The topological polar surface area (TPSA) is 78.5 Å². The summed E-state index contributed by atoms with van der Waals surface area (Å²) >= 11 is 0. The molecule has 6 nitrogen and oxygen atoms in total. The molecule has 2 fully saturated rings.